The van der Waals surface area contributed by atoms with Crippen molar-refractivity contribution in [3.8, 4) is 11.1 Å². The second-order valence-corrected chi connectivity index (χ2v) is 10.4. The maximum Gasteiger partial charge on any atom is 0.126 e. The number of anilines is 1. The van der Waals surface area contributed by atoms with Gasteiger partial charge >= 0.3 is 0 Å². The standard InChI is InChI=1S/C29H33ClFN5O/c1-19(17-37-2)34-23-7-9-24(10-8-23)35-29-14-25(26(30)15-32-29)21-6-11-27-28(13-21)36(18-33-27)16-20-4-3-5-22(31)12-20/h3-6,11-15,18-19,23-24,34H,7-10,16-17H2,1-2H3,(H,32,35). The number of pyridine rings is 1. The Bertz CT molecular complexity index is 1350. The van der Waals surface area contributed by atoms with Crippen molar-refractivity contribution >= 4 is 28.5 Å². The number of nitrogens with zero attached hydrogens (tertiary/aromatic N) is 3. The lowest BCUT2D eigenvalue weighted by Crippen LogP contribution is -2.42. The van der Waals surface area contributed by atoms with Crippen molar-refractivity contribution in [2.24, 2.45) is 0 Å². The summed E-state index contributed by atoms with van der Waals surface area (Å²) in [4.78, 5) is 9.08. The number of aromatic nitrogens is 3. The first kappa shape index (κ1) is 25.6. The summed E-state index contributed by atoms with van der Waals surface area (Å²) in [6.45, 7) is 3.43. The highest BCUT2D eigenvalue weighted by Crippen LogP contribution is 2.32. The van der Waals surface area contributed by atoms with Gasteiger partial charge in [0, 0.05) is 43.5 Å². The Balaban J connectivity index is 1.30. The number of imidazole rings is 1. The molecule has 0 bridgehead atoms. The van der Waals surface area contributed by atoms with Crippen LogP contribution < -0.4 is 10.6 Å². The van der Waals surface area contributed by atoms with Crippen LogP contribution in [0.3, 0.4) is 0 Å². The van der Waals surface area contributed by atoms with Crippen molar-refractivity contribution in [3.63, 3.8) is 0 Å². The second-order valence-electron chi connectivity index (χ2n) is 9.97. The van der Waals surface area contributed by atoms with Crippen LogP contribution in [0.2, 0.25) is 5.02 Å². The third-order valence-electron chi connectivity index (χ3n) is 7.05. The molecule has 1 aliphatic carbocycles. The van der Waals surface area contributed by atoms with E-state index < -0.39 is 0 Å². The van der Waals surface area contributed by atoms with E-state index in [0.717, 1.165) is 65.8 Å². The summed E-state index contributed by atoms with van der Waals surface area (Å²) < 4.78 is 21.0. The normalized spacial score (nSPS) is 18.7. The Morgan fingerprint density at radius 2 is 1.89 bits per heavy atom. The average molecular weight is 522 g/mol. The van der Waals surface area contributed by atoms with E-state index in [1.165, 1.54) is 6.07 Å². The van der Waals surface area contributed by atoms with Crippen LogP contribution in [-0.4, -0.2) is 46.4 Å². The molecule has 5 rings (SSSR count). The van der Waals surface area contributed by atoms with Gasteiger partial charge < -0.3 is 19.9 Å². The van der Waals surface area contributed by atoms with Crippen molar-refractivity contribution in [1.29, 1.82) is 0 Å². The predicted octanol–water partition coefficient (Wildman–Crippen LogP) is 6.29. The molecular weight excluding hydrogens is 489 g/mol. The molecule has 6 nitrogen and oxygen atoms in total. The van der Waals surface area contributed by atoms with Crippen LogP contribution in [0.4, 0.5) is 10.2 Å². The molecule has 1 fully saturated rings. The van der Waals surface area contributed by atoms with E-state index in [1.807, 2.05) is 28.8 Å². The van der Waals surface area contributed by atoms with Crippen molar-refractivity contribution in [2.75, 3.05) is 19.0 Å². The highest BCUT2D eigenvalue weighted by atomic mass is 35.5. The Labute approximate surface area is 222 Å². The fraction of sp³-hybridized carbons (Fsp3) is 0.379. The van der Waals surface area contributed by atoms with Gasteiger partial charge in [-0.25, -0.2) is 14.4 Å². The Kier molecular flexibility index (Phi) is 8.03. The van der Waals surface area contributed by atoms with Crippen LogP contribution in [-0.2, 0) is 11.3 Å². The summed E-state index contributed by atoms with van der Waals surface area (Å²) in [7, 11) is 1.74. The first-order chi connectivity index (χ1) is 18.0. The molecule has 4 aromatic rings. The molecule has 2 aromatic carbocycles. The molecule has 0 spiro atoms. The molecule has 1 saturated carbocycles. The molecular formula is C29H33ClFN5O. The lowest BCUT2D eigenvalue weighted by molar-refractivity contribution is 0.161. The second kappa shape index (κ2) is 11.6. The Hall–Kier alpha value is -3.00. The van der Waals surface area contributed by atoms with E-state index in [2.05, 4.69) is 33.6 Å². The SMILES string of the molecule is COCC(C)NC1CCC(Nc2cc(-c3ccc4ncn(Cc5cccc(F)c5)c4c3)c(Cl)cn2)CC1. The molecule has 2 N–H and O–H groups in total. The lowest BCUT2D eigenvalue weighted by atomic mass is 9.90. The largest absolute Gasteiger partial charge is 0.383 e. The molecule has 0 saturated heterocycles. The number of hydrogen-bond donors (Lipinski definition) is 2. The van der Waals surface area contributed by atoms with E-state index in [-0.39, 0.29) is 5.82 Å². The molecule has 0 radical (unpaired) electrons. The fourth-order valence-corrected chi connectivity index (χ4v) is 5.45. The maximum atomic E-state index is 13.7. The van der Waals surface area contributed by atoms with Crippen LogP contribution in [0.15, 0.2) is 61.1 Å². The van der Waals surface area contributed by atoms with E-state index in [9.17, 15) is 4.39 Å². The van der Waals surface area contributed by atoms with Crippen LogP contribution in [0.5, 0.6) is 0 Å². The van der Waals surface area contributed by atoms with Gasteiger partial charge in [0.1, 0.15) is 11.6 Å². The van der Waals surface area contributed by atoms with Gasteiger partial charge in [-0.1, -0.05) is 29.8 Å². The quantitative estimate of drug-likeness (QED) is 0.271. The number of rotatable bonds is 9. The van der Waals surface area contributed by atoms with Crippen LogP contribution in [0.25, 0.3) is 22.2 Å². The third-order valence-corrected chi connectivity index (χ3v) is 7.35. The van der Waals surface area contributed by atoms with E-state index in [4.69, 9.17) is 16.3 Å². The van der Waals surface area contributed by atoms with Crippen LogP contribution in [0, 0.1) is 5.82 Å². The van der Waals surface area contributed by atoms with Gasteiger partial charge in [-0.15, -0.1) is 0 Å². The molecule has 2 aromatic heterocycles. The van der Waals surface area contributed by atoms with Crippen molar-refractivity contribution in [2.45, 2.75) is 57.3 Å². The van der Waals surface area contributed by atoms with Gasteiger partial charge in [0.25, 0.3) is 0 Å². The maximum absolute atomic E-state index is 13.7. The minimum Gasteiger partial charge on any atom is -0.383 e. The minimum absolute atomic E-state index is 0.239. The summed E-state index contributed by atoms with van der Waals surface area (Å²) in [5.74, 6) is 0.591. The summed E-state index contributed by atoms with van der Waals surface area (Å²) in [5, 5.41) is 7.89. The number of fused-ring (bicyclic) bond motifs is 1. The summed E-state index contributed by atoms with van der Waals surface area (Å²) in [6, 6.07) is 16.1. The lowest BCUT2D eigenvalue weighted by Gasteiger charge is -2.32. The van der Waals surface area contributed by atoms with Crippen LogP contribution >= 0.6 is 11.6 Å². The fourth-order valence-electron chi connectivity index (χ4n) is 5.24. The molecule has 0 aliphatic heterocycles. The number of nitrogens with one attached hydrogen (secondary N) is 2. The van der Waals surface area contributed by atoms with Crippen molar-refractivity contribution < 1.29 is 9.13 Å². The molecule has 0 amide bonds. The minimum atomic E-state index is -0.239. The smallest absolute Gasteiger partial charge is 0.126 e. The van der Waals surface area contributed by atoms with Gasteiger partial charge in [0.05, 0.1) is 29.0 Å². The van der Waals surface area contributed by atoms with Crippen LogP contribution in [0.1, 0.15) is 38.2 Å². The van der Waals surface area contributed by atoms with E-state index in [1.54, 1.807) is 31.8 Å². The first-order valence-electron chi connectivity index (χ1n) is 12.9. The molecule has 37 heavy (non-hydrogen) atoms. The highest BCUT2D eigenvalue weighted by molar-refractivity contribution is 6.33. The zero-order chi connectivity index (χ0) is 25.8. The highest BCUT2D eigenvalue weighted by Gasteiger charge is 2.22. The van der Waals surface area contributed by atoms with Gasteiger partial charge in [0.2, 0.25) is 0 Å². The van der Waals surface area contributed by atoms with Gasteiger partial charge in [-0.2, -0.15) is 0 Å². The predicted molar refractivity (Wildman–Crippen MR) is 148 cm³/mol. The number of methoxy groups -OCH3 is 1. The van der Waals surface area contributed by atoms with Gasteiger partial charge in [-0.05, 0) is 74.1 Å². The number of ether oxygens (including phenoxy) is 1. The molecule has 1 unspecified atom stereocenters. The molecule has 8 heteroatoms. The zero-order valence-corrected chi connectivity index (χ0v) is 22.0. The topological polar surface area (TPSA) is 64.0 Å². The molecule has 1 atom stereocenters. The summed E-state index contributed by atoms with van der Waals surface area (Å²) in [6.07, 6.45) is 7.93. The average Bonchev–Trinajstić information content (AvgIpc) is 3.28. The molecule has 1 aliphatic rings. The first-order valence-corrected chi connectivity index (χ1v) is 13.2. The number of benzene rings is 2. The summed E-state index contributed by atoms with van der Waals surface area (Å²) >= 11 is 6.61. The van der Waals surface area contributed by atoms with E-state index in [0.29, 0.717) is 29.7 Å². The van der Waals surface area contributed by atoms with Gasteiger partial charge in [0.15, 0.2) is 0 Å². The zero-order valence-electron chi connectivity index (χ0n) is 21.3. The Morgan fingerprint density at radius 1 is 1.08 bits per heavy atom. The number of hydrogen-bond acceptors (Lipinski definition) is 5. The third kappa shape index (κ3) is 6.29. The van der Waals surface area contributed by atoms with E-state index >= 15 is 0 Å². The number of halogens is 2. The molecule has 194 valence electrons. The van der Waals surface area contributed by atoms with Gasteiger partial charge in [-0.3, -0.25) is 0 Å². The Morgan fingerprint density at radius 3 is 2.68 bits per heavy atom. The van der Waals surface area contributed by atoms with Crippen molar-refractivity contribution in [3.05, 3.63) is 77.5 Å². The van der Waals surface area contributed by atoms with Crippen molar-refractivity contribution in [1.82, 2.24) is 19.9 Å². The summed E-state index contributed by atoms with van der Waals surface area (Å²) in [5.41, 5.74) is 4.65. The molecule has 2 heterocycles. The monoisotopic (exact) mass is 521 g/mol.